The molecular formula is C20H21N3O4. The van der Waals surface area contributed by atoms with Gasteiger partial charge in [-0.15, -0.1) is 0 Å². The van der Waals surface area contributed by atoms with E-state index in [1.54, 1.807) is 43.5 Å². The maximum Gasteiger partial charge on any atom is 0.262 e. The second kappa shape index (κ2) is 8.35. The summed E-state index contributed by atoms with van der Waals surface area (Å²) in [6.07, 6.45) is 0. The molecule has 0 spiro atoms. The molecule has 3 rings (SSSR count). The van der Waals surface area contributed by atoms with Crippen molar-refractivity contribution in [3.05, 3.63) is 54.4 Å². The second-order valence-electron chi connectivity index (χ2n) is 6.21. The van der Waals surface area contributed by atoms with E-state index in [0.29, 0.717) is 28.9 Å². The molecule has 7 heteroatoms. The number of anilines is 1. The standard InChI is InChI=1S/C20H21N3O4/c1-13(2)19-22-20(27-23-19)14-7-9-16(10-8-14)26-12-18(24)21-15-5-4-6-17(11-15)25-3/h4-11,13H,12H2,1-3H3,(H,21,24). The van der Waals surface area contributed by atoms with E-state index in [0.717, 1.165) is 5.56 Å². The molecule has 0 aliphatic heterocycles. The largest absolute Gasteiger partial charge is 0.497 e. The molecule has 27 heavy (non-hydrogen) atoms. The Balaban J connectivity index is 1.55. The zero-order valence-corrected chi connectivity index (χ0v) is 15.4. The van der Waals surface area contributed by atoms with Crippen LogP contribution >= 0.6 is 0 Å². The number of hydrogen-bond donors (Lipinski definition) is 1. The molecule has 0 aliphatic rings. The Hall–Kier alpha value is -3.35. The van der Waals surface area contributed by atoms with Crippen LogP contribution in [0.2, 0.25) is 0 Å². The van der Waals surface area contributed by atoms with Crippen LogP contribution in [0.1, 0.15) is 25.6 Å². The van der Waals surface area contributed by atoms with Gasteiger partial charge in [-0.1, -0.05) is 25.1 Å². The van der Waals surface area contributed by atoms with E-state index >= 15 is 0 Å². The number of amides is 1. The Morgan fingerprint density at radius 2 is 1.93 bits per heavy atom. The van der Waals surface area contributed by atoms with Crippen LogP contribution in [0.15, 0.2) is 53.1 Å². The molecule has 3 aromatic rings. The highest BCUT2D eigenvalue weighted by Gasteiger charge is 2.11. The first-order valence-corrected chi connectivity index (χ1v) is 8.56. The molecular weight excluding hydrogens is 346 g/mol. The number of carbonyl (C=O) groups is 1. The quantitative estimate of drug-likeness (QED) is 0.682. The molecule has 1 N–H and O–H groups in total. The van der Waals surface area contributed by atoms with E-state index < -0.39 is 0 Å². The van der Waals surface area contributed by atoms with Gasteiger partial charge in [-0.05, 0) is 36.4 Å². The average molecular weight is 367 g/mol. The van der Waals surface area contributed by atoms with Crippen molar-refractivity contribution in [2.24, 2.45) is 0 Å². The fraction of sp³-hybridized carbons (Fsp3) is 0.250. The molecule has 0 saturated heterocycles. The van der Waals surface area contributed by atoms with Crippen LogP contribution in [-0.4, -0.2) is 29.8 Å². The molecule has 0 fully saturated rings. The van der Waals surface area contributed by atoms with Crippen molar-refractivity contribution in [2.75, 3.05) is 19.0 Å². The number of ether oxygens (including phenoxy) is 2. The van der Waals surface area contributed by atoms with E-state index in [1.165, 1.54) is 0 Å². The lowest BCUT2D eigenvalue weighted by atomic mass is 10.2. The lowest BCUT2D eigenvalue weighted by molar-refractivity contribution is -0.118. The highest BCUT2D eigenvalue weighted by atomic mass is 16.5. The number of carbonyl (C=O) groups excluding carboxylic acids is 1. The van der Waals surface area contributed by atoms with Crippen molar-refractivity contribution < 1.29 is 18.8 Å². The third kappa shape index (κ3) is 4.84. The molecule has 1 amide bonds. The third-order valence-corrected chi connectivity index (χ3v) is 3.78. The molecule has 1 heterocycles. The van der Waals surface area contributed by atoms with Crippen LogP contribution in [0.3, 0.4) is 0 Å². The van der Waals surface area contributed by atoms with E-state index in [-0.39, 0.29) is 18.4 Å². The Morgan fingerprint density at radius 1 is 1.15 bits per heavy atom. The molecule has 1 aromatic heterocycles. The SMILES string of the molecule is COc1cccc(NC(=O)COc2ccc(-c3nc(C(C)C)no3)cc2)c1. The molecule has 0 radical (unpaired) electrons. The molecule has 0 unspecified atom stereocenters. The summed E-state index contributed by atoms with van der Waals surface area (Å²) in [6.45, 7) is 3.90. The summed E-state index contributed by atoms with van der Waals surface area (Å²) in [5.41, 5.74) is 1.44. The van der Waals surface area contributed by atoms with Gasteiger partial charge in [0.1, 0.15) is 11.5 Å². The lowest BCUT2D eigenvalue weighted by Gasteiger charge is -2.08. The zero-order chi connectivity index (χ0) is 19.2. The van der Waals surface area contributed by atoms with Gasteiger partial charge in [-0.2, -0.15) is 4.98 Å². The van der Waals surface area contributed by atoms with Crippen molar-refractivity contribution in [3.8, 4) is 23.0 Å². The summed E-state index contributed by atoms with van der Waals surface area (Å²) in [6, 6.07) is 14.3. The molecule has 7 nitrogen and oxygen atoms in total. The first-order chi connectivity index (χ1) is 13.0. The van der Waals surface area contributed by atoms with Gasteiger partial charge in [-0.25, -0.2) is 0 Å². The fourth-order valence-corrected chi connectivity index (χ4v) is 2.33. The summed E-state index contributed by atoms with van der Waals surface area (Å²) in [5, 5.41) is 6.71. The number of hydrogen-bond acceptors (Lipinski definition) is 6. The predicted molar refractivity (Wildman–Crippen MR) is 101 cm³/mol. The molecule has 0 bridgehead atoms. The predicted octanol–water partition coefficient (Wildman–Crippen LogP) is 3.89. The lowest BCUT2D eigenvalue weighted by Crippen LogP contribution is -2.20. The summed E-state index contributed by atoms with van der Waals surface area (Å²) in [5.74, 6) is 2.31. The van der Waals surface area contributed by atoms with Crippen LogP contribution in [0, 0.1) is 0 Å². The van der Waals surface area contributed by atoms with Gasteiger partial charge < -0.3 is 19.3 Å². The Morgan fingerprint density at radius 3 is 2.59 bits per heavy atom. The minimum atomic E-state index is -0.259. The summed E-state index contributed by atoms with van der Waals surface area (Å²) in [7, 11) is 1.58. The summed E-state index contributed by atoms with van der Waals surface area (Å²) < 4.78 is 15.9. The van der Waals surface area contributed by atoms with Gasteiger partial charge in [0, 0.05) is 23.2 Å². The van der Waals surface area contributed by atoms with Gasteiger partial charge in [-0.3, -0.25) is 4.79 Å². The van der Waals surface area contributed by atoms with Crippen molar-refractivity contribution in [1.82, 2.24) is 10.1 Å². The van der Waals surface area contributed by atoms with Crippen LogP contribution in [0.25, 0.3) is 11.5 Å². The Bertz CT molecular complexity index is 904. The maximum absolute atomic E-state index is 12.0. The highest BCUT2D eigenvalue weighted by Crippen LogP contribution is 2.23. The van der Waals surface area contributed by atoms with Crippen LogP contribution in [0.4, 0.5) is 5.69 Å². The minimum absolute atomic E-state index is 0.103. The number of rotatable bonds is 7. The van der Waals surface area contributed by atoms with Gasteiger partial charge >= 0.3 is 0 Å². The summed E-state index contributed by atoms with van der Waals surface area (Å²) >= 11 is 0. The minimum Gasteiger partial charge on any atom is -0.497 e. The first kappa shape index (κ1) is 18.4. The number of aromatic nitrogens is 2. The van der Waals surface area contributed by atoms with Crippen LogP contribution in [-0.2, 0) is 4.79 Å². The number of methoxy groups -OCH3 is 1. The van der Waals surface area contributed by atoms with E-state index in [4.69, 9.17) is 14.0 Å². The number of benzene rings is 2. The molecule has 0 atom stereocenters. The highest BCUT2D eigenvalue weighted by molar-refractivity contribution is 5.92. The maximum atomic E-state index is 12.0. The Labute approximate surface area is 157 Å². The average Bonchev–Trinajstić information content (AvgIpc) is 3.17. The molecule has 0 aliphatic carbocycles. The first-order valence-electron chi connectivity index (χ1n) is 8.56. The van der Waals surface area contributed by atoms with Crippen molar-refractivity contribution in [2.45, 2.75) is 19.8 Å². The molecule has 140 valence electrons. The van der Waals surface area contributed by atoms with E-state index in [9.17, 15) is 4.79 Å². The number of nitrogens with zero attached hydrogens (tertiary/aromatic N) is 2. The van der Waals surface area contributed by atoms with Gasteiger partial charge in [0.15, 0.2) is 12.4 Å². The van der Waals surface area contributed by atoms with E-state index in [1.807, 2.05) is 26.0 Å². The Kier molecular flexibility index (Phi) is 5.71. The van der Waals surface area contributed by atoms with Crippen molar-refractivity contribution >= 4 is 11.6 Å². The topological polar surface area (TPSA) is 86.5 Å². The van der Waals surface area contributed by atoms with Crippen LogP contribution in [0.5, 0.6) is 11.5 Å². The van der Waals surface area contributed by atoms with E-state index in [2.05, 4.69) is 15.5 Å². The van der Waals surface area contributed by atoms with Crippen LogP contribution < -0.4 is 14.8 Å². The third-order valence-electron chi connectivity index (χ3n) is 3.78. The second-order valence-corrected chi connectivity index (χ2v) is 6.21. The zero-order valence-electron chi connectivity index (χ0n) is 15.4. The van der Waals surface area contributed by atoms with Gasteiger partial charge in [0.2, 0.25) is 0 Å². The molecule has 2 aromatic carbocycles. The van der Waals surface area contributed by atoms with Gasteiger partial charge in [0.05, 0.1) is 7.11 Å². The normalized spacial score (nSPS) is 10.7. The fourth-order valence-electron chi connectivity index (χ4n) is 2.33. The number of nitrogens with one attached hydrogen (secondary N) is 1. The monoisotopic (exact) mass is 367 g/mol. The molecule has 0 saturated carbocycles. The van der Waals surface area contributed by atoms with Gasteiger partial charge in [0.25, 0.3) is 11.8 Å². The van der Waals surface area contributed by atoms with Crippen molar-refractivity contribution in [3.63, 3.8) is 0 Å². The summed E-state index contributed by atoms with van der Waals surface area (Å²) in [4.78, 5) is 16.4. The smallest absolute Gasteiger partial charge is 0.262 e. The van der Waals surface area contributed by atoms with Crippen molar-refractivity contribution in [1.29, 1.82) is 0 Å².